The SMILES string of the molecule is CC1(C)CC1NC(=O)N1CC(CC(=O)O)c2ccccc21. The van der Waals surface area contributed by atoms with Crippen molar-refractivity contribution in [1.82, 2.24) is 5.32 Å². The van der Waals surface area contributed by atoms with Crippen LogP contribution < -0.4 is 10.2 Å². The molecular formula is C16H20N2O3. The fourth-order valence-corrected chi connectivity index (χ4v) is 3.01. The van der Waals surface area contributed by atoms with Crippen molar-refractivity contribution >= 4 is 17.7 Å². The lowest BCUT2D eigenvalue weighted by atomic mass is 9.98. The van der Waals surface area contributed by atoms with E-state index >= 15 is 0 Å². The first-order chi connectivity index (χ1) is 9.88. The van der Waals surface area contributed by atoms with Crippen molar-refractivity contribution in [3.05, 3.63) is 29.8 Å². The molecule has 3 rings (SSSR count). The normalized spacial score (nSPS) is 25.3. The third-order valence-corrected chi connectivity index (χ3v) is 4.55. The standard InChI is InChI=1S/C16H20N2O3/c1-16(2)8-13(16)17-15(21)18-9-10(7-14(19)20)11-5-3-4-6-12(11)18/h3-6,10,13H,7-9H2,1-2H3,(H,17,21)(H,19,20). The maximum absolute atomic E-state index is 12.4. The van der Waals surface area contributed by atoms with Crippen LogP contribution in [0.1, 0.15) is 38.2 Å². The van der Waals surface area contributed by atoms with Gasteiger partial charge in [-0.05, 0) is 23.5 Å². The first-order valence-electron chi connectivity index (χ1n) is 7.27. The van der Waals surface area contributed by atoms with Gasteiger partial charge in [0.2, 0.25) is 0 Å². The monoisotopic (exact) mass is 288 g/mol. The molecule has 5 heteroatoms. The van der Waals surface area contributed by atoms with Crippen molar-refractivity contribution in [3.63, 3.8) is 0 Å². The summed E-state index contributed by atoms with van der Waals surface area (Å²) in [6.45, 7) is 4.69. The number of urea groups is 1. The molecular weight excluding hydrogens is 268 g/mol. The van der Waals surface area contributed by atoms with Gasteiger partial charge in [0.15, 0.2) is 0 Å². The molecule has 21 heavy (non-hydrogen) atoms. The molecule has 2 atom stereocenters. The third kappa shape index (κ3) is 2.60. The largest absolute Gasteiger partial charge is 0.481 e. The molecule has 0 bridgehead atoms. The number of carbonyl (C=O) groups is 2. The van der Waals surface area contributed by atoms with E-state index in [-0.39, 0.29) is 29.8 Å². The predicted octanol–water partition coefficient (Wildman–Crippen LogP) is 2.57. The number of carbonyl (C=O) groups excluding carboxylic acids is 1. The van der Waals surface area contributed by atoms with E-state index in [9.17, 15) is 9.59 Å². The summed E-state index contributed by atoms with van der Waals surface area (Å²) in [7, 11) is 0. The zero-order valence-corrected chi connectivity index (χ0v) is 12.3. The number of fused-ring (bicyclic) bond motifs is 1. The van der Waals surface area contributed by atoms with E-state index in [0.717, 1.165) is 17.7 Å². The summed E-state index contributed by atoms with van der Waals surface area (Å²) in [5, 5.41) is 12.1. The molecule has 1 aromatic rings. The van der Waals surface area contributed by atoms with Crippen LogP contribution in [0, 0.1) is 5.41 Å². The van der Waals surface area contributed by atoms with Crippen molar-refractivity contribution in [3.8, 4) is 0 Å². The molecule has 2 unspecified atom stereocenters. The quantitative estimate of drug-likeness (QED) is 0.898. The number of rotatable bonds is 3. The van der Waals surface area contributed by atoms with Crippen LogP contribution in [0.4, 0.5) is 10.5 Å². The molecule has 5 nitrogen and oxygen atoms in total. The zero-order chi connectivity index (χ0) is 15.2. The maximum atomic E-state index is 12.4. The number of carboxylic acid groups (broad SMARTS) is 1. The third-order valence-electron chi connectivity index (χ3n) is 4.55. The molecule has 2 N–H and O–H groups in total. The van der Waals surface area contributed by atoms with Crippen LogP contribution in [0.25, 0.3) is 0 Å². The van der Waals surface area contributed by atoms with E-state index in [1.807, 2.05) is 24.3 Å². The highest BCUT2D eigenvalue weighted by Crippen LogP contribution is 2.45. The van der Waals surface area contributed by atoms with Gasteiger partial charge in [-0.15, -0.1) is 0 Å². The van der Waals surface area contributed by atoms with Gasteiger partial charge in [-0.1, -0.05) is 32.0 Å². The minimum Gasteiger partial charge on any atom is -0.481 e. The van der Waals surface area contributed by atoms with Gasteiger partial charge in [-0.3, -0.25) is 9.69 Å². The van der Waals surface area contributed by atoms with Crippen molar-refractivity contribution in [2.75, 3.05) is 11.4 Å². The number of hydrogen-bond acceptors (Lipinski definition) is 2. The Morgan fingerprint density at radius 1 is 1.38 bits per heavy atom. The van der Waals surface area contributed by atoms with Crippen LogP contribution in [0.2, 0.25) is 0 Å². The molecule has 1 saturated carbocycles. The molecule has 0 aromatic heterocycles. The van der Waals surface area contributed by atoms with Gasteiger partial charge in [0.05, 0.1) is 6.42 Å². The number of aliphatic carboxylic acids is 1. The summed E-state index contributed by atoms with van der Waals surface area (Å²) in [6, 6.07) is 7.66. The van der Waals surface area contributed by atoms with E-state index in [1.54, 1.807) is 4.90 Å². The van der Waals surface area contributed by atoms with Gasteiger partial charge in [0.25, 0.3) is 0 Å². The number of hydrogen-bond donors (Lipinski definition) is 2. The van der Waals surface area contributed by atoms with Gasteiger partial charge in [-0.25, -0.2) is 4.79 Å². The molecule has 0 spiro atoms. The van der Waals surface area contributed by atoms with Gasteiger partial charge >= 0.3 is 12.0 Å². The van der Waals surface area contributed by atoms with Crippen molar-refractivity contribution in [2.24, 2.45) is 5.41 Å². The molecule has 1 aliphatic heterocycles. The molecule has 1 fully saturated rings. The number of nitrogens with one attached hydrogen (secondary N) is 1. The van der Waals surface area contributed by atoms with Crippen LogP contribution in [-0.4, -0.2) is 29.7 Å². The Kier molecular flexibility index (Phi) is 3.15. The summed E-state index contributed by atoms with van der Waals surface area (Å²) in [5.41, 5.74) is 1.96. The van der Waals surface area contributed by atoms with Crippen molar-refractivity contribution < 1.29 is 14.7 Å². The minimum atomic E-state index is -0.833. The molecule has 112 valence electrons. The highest BCUT2D eigenvalue weighted by Gasteiger charge is 2.47. The average molecular weight is 288 g/mol. The van der Waals surface area contributed by atoms with E-state index < -0.39 is 5.97 Å². The van der Waals surface area contributed by atoms with Crippen molar-refractivity contribution in [1.29, 1.82) is 0 Å². The van der Waals surface area contributed by atoms with Crippen LogP contribution in [0.5, 0.6) is 0 Å². The number of para-hydroxylation sites is 1. The first kappa shape index (κ1) is 13.9. The van der Waals surface area contributed by atoms with Crippen molar-refractivity contribution in [2.45, 2.75) is 38.6 Å². The Morgan fingerprint density at radius 3 is 2.67 bits per heavy atom. The van der Waals surface area contributed by atoms with E-state index in [4.69, 9.17) is 5.11 Å². The first-order valence-corrected chi connectivity index (χ1v) is 7.27. The Hall–Kier alpha value is -2.04. The lowest BCUT2D eigenvalue weighted by molar-refractivity contribution is -0.137. The number of nitrogens with zero attached hydrogens (tertiary/aromatic N) is 1. The van der Waals surface area contributed by atoms with Gasteiger partial charge in [-0.2, -0.15) is 0 Å². The fourth-order valence-electron chi connectivity index (χ4n) is 3.01. The van der Waals surface area contributed by atoms with Gasteiger partial charge < -0.3 is 10.4 Å². The number of benzene rings is 1. The lowest BCUT2D eigenvalue weighted by Gasteiger charge is -2.19. The number of anilines is 1. The van der Waals surface area contributed by atoms with Gasteiger partial charge in [0, 0.05) is 24.2 Å². The zero-order valence-electron chi connectivity index (χ0n) is 12.3. The van der Waals surface area contributed by atoms with Crippen LogP contribution in [0.15, 0.2) is 24.3 Å². The lowest BCUT2D eigenvalue weighted by Crippen LogP contribution is -2.41. The minimum absolute atomic E-state index is 0.0513. The predicted molar refractivity (Wildman–Crippen MR) is 79.5 cm³/mol. The highest BCUT2D eigenvalue weighted by atomic mass is 16.4. The molecule has 2 aliphatic rings. The van der Waals surface area contributed by atoms with Crippen LogP contribution in [0.3, 0.4) is 0 Å². The second-order valence-corrected chi connectivity index (χ2v) is 6.66. The summed E-state index contributed by atoms with van der Waals surface area (Å²) in [6.07, 6.45) is 1.04. The maximum Gasteiger partial charge on any atom is 0.322 e. The second-order valence-electron chi connectivity index (χ2n) is 6.66. The summed E-state index contributed by atoms with van der Waals surface area (Å²) in [5.74, 6) is -0.961. The molecule has 0 radical (unpaired) electrons. The Morgan fingerprint density at radius 2 is 2.05 bits per heavy atom. The number of carboxylic acids is 1. The Labute approximate surface area is 123 Å². The smallest absolute Gasteiger partial charge is 0.322 e. The molecule has 1 aromatic carbocycles. The van der Waals surface area contributed by atoms with Crippen LogP contribution in [-0.2, 0) is 4.79 Å². The summed E-state index contributed by atoms with van der Waals surface area (Å²) < 4.78 is 0. The van der Waals surface area contributed by atoms with E-state index in [1.165, 1.54) is 0 Å². The summed E-state index contributed by atoms with van der Waals surface area (Å²) >= 11 is 0. The molecule has 2 amide bonds. The highest BCUT2D eigenvalue weighted by molar-refractivity contribution is 5.95. The summed E-state index contributed by atoms with van der Waals surface area (Å²) in [4.78, 5) is 25.1. The molecule has 1 aliphatic carbocycles. The topological polar surface area (TPSA) is 69.6 Å². The van der Waals surface area contributed by atoms with Crippen LogP contribution >= 0.6 is 0 Å². The average Bonchev–Trinajstić information content (AvgIpc) is 2.85. The van der Waals surface area contributed by atoms with E-state index in [0.29, 0.717) is 6.54 Å². The van der Waals surface area contributed by atoms with Gasteiger partial charge in [0.1, 0.15) is 0 Å². The Bertz CT molecular complexity index is 597. The second kappa shape index (κ2) is 4.76. The molecule has 0 saturated heterocycles. The Balaban J connectivity index is 1.77. The van der Waals surface area contributed by atoms with E-state index in [2.05, 4.69) is 19.2 Å². The fraction of sp³-hybridized carbons (Fsp3) is 0.500. The number of amides is 2. The molecule has 1 heterocycles.